The topological polar surface area (TPSA) is 127 Å². The van der Waals surface area contributed by atoms with Crippen molar-refractivity contribution >= 4 is 27.6 Å². The van der Waals surface area contributed by atoms with Gasteiger partial charge in [-0.1, -0.05) is 0 Å². The van der Waals surface area contributed by atoms with Crippen molar-refractivity contribution in [2.24, 2.45) is 10.7 Å². The first-order valence-electron chi connectivity index (χ1n) is 8.93. The number of carbonyl (C=O) groups is 1. The van der Waals surface area contributed by atoms with Crippen molar-refractivity contribution < 1.29 is 31.1 Å². The van der Waals surface area contributed by atoms with Crippen LogP contribution in [0.15, 0.2) is 35.5 Å². The number of halogens is 3. The zero-order valence-corrected chi connectivity index (χ0v) is 16.8. The molecule has 0 radical (unpaired) electrons. The van der Waals surface area contributed by atoms with E-state index in [2.05, 4.69) is 15.3 Å². The number of anilines is 1. The molecule has 0 aliphatic carbocycles. The van der Waals surface area contributed by atoms with E-state index in [1.54, 1.807) is 0 Å². The van der Waals surface area contributed by atoms with Gasteiger partial charge in [-0.2, -0.15) is 0 Å². The predicted molar refractivity (Wildman–Crippen MR) is 103 cm³/mol. The van der Waals surface area contributed by atoms with Crippen molar-refractivity contribution in [2.75, 3.05) is 19.0 Å². The standard InChI is InChI=1S/C18H16F3N5O4S/c1-26-17(22)25-18(4-5-30-16(18)31(26,28)29)11-7-10(2-3-12(11)20)24-15(27)14-13(21)6-9(19)8-23-14/h2-3,6-8,16H,4-5H2,1H3,(H2,22,25)(H,24,27)/t16?,18-/m1/s1. The Labute approximate surface area is 174 Å². The molecule has 1 aromatic heterocycles. The van der Waals surface area contributed by atoms with E-state index in [0.29, 0.717) is 12.3 Å². The number of nitrogens with one attached hydrogen (secondary N) is 1. The molecular weight excluding hydrogens is 439 g/mol. The monoisotopic (exact) mass is 455 g/mol. The molecule has 1 aromatic carbocycles. The highest BCUT2D eigenvalue weighted by Crippen LogP contribution is 2.46. The normalized spacial score (nSPS) is 24.5. The van der Waals surface area contributed by atoms with Crippen molar-refractivity contribution in [1.29, 1.82) is 0 Å². The fourth-order valence-corrected chi connectivity index (χ4v) is 5.24. The van der Waals surface area contributed by atoms with Gasteiger partial charge < -0.3 is 15.8 Å². The van der Waals surface area contributed by atoms with E-state index in [0.717, 1.165) is 10.4 Å². The second-order valence-corrected chi connectivity index (χ2v) is 9.00. The number of carbonyl (C=O) groups excluding carboxylic acids is 1. The van der Waals surface area contributed by atoms with Crippen LogP contribution in [0.3, 0.4) is 0 Å². The predicted octanol–water partition coefficient (Wildman–Crippen LogP) is 1.28. The second-order valence-electron chi connectivity index (χ2n) is 6.99. The minimum atomic E-state index is -4.09. The molecule has 1 amide bonds. The Balaban J connectivity index is 1.76. The lowest BCUT2D eigenvalue weighted by molar-refractivity contribution is 0.101. The van der Waals surface area contributed by atoms with Crippen molar-refractivity contribution in [1.82, 2.24) is 9.29 Å². The van der Waals surface area contributed by atoms with E-state index in [4.69, 9.17) is 10.5 Å². The van der Waals surface area contributed by atoms with Gasteiger partial charge in [0.05, 0.1) is 12.8 Å². The van der Waals surface area contributed by atoms with Crippen molar-refractivity contribution in [2.45, 2.75) is 17.4 Å². The number of fused-ring (bicyclic) bond motifs is 1. The molecule has 4 rings (SSSR count). The highest BCUT2D eigenvalue weighted by molar-refractivity contribution is 7.90. The molecule has 1 fully saturated rings. The molecule has 3 heterocycles. The number of benzene rings is 1. The van der Waals surface area contributed by atoms with Gasteiger partial charge in [-0.25, -0.2) is 35.9 Å². The number of nitrogens with zero attached hydrogens (tertiary/aromatic N) is 3. The highest BCUT2D eigenvalue weighted by Gasteiger charge is 2.58. The van der Waals surface area contributed by atoms with Gasteiger partial charge in [0.2, 0.25) is 11.4 Å². The molecule has 0 spiro atoms. The van der Waals surface area contributed by atoms with E-state index in [1.165, 1.54) is 19.2 Å². The molecule has 31 heavy (non-hydrogen) atoms. The first-order chi connectivity index (χ1) is 14.6. The Morgan fingerprint density at radius 3 is 2.74 bits per heavy atom. The molecule has 13 heteroatoms. The van der Waals surface area contributed by atoms with Crippen LogP contribution in [0.1, 0.15) is 22.5 Å². The average molecular weight is 455 g/mol. The Bertz CT molecular complexity index is 1220. The molecule has 3 N–H and O–H groups in total. The minimum Gasteiger partial charge on any atom is -0.369 e. The molecule has 164 valence electrons. The summed E-state index contributed by atoms with van der Waals surface area (Å²) in [7, 11) is -2.89. The minimum absolute atomic E-state index is 0.0112. The van der Waals surface area contributed by atoms with Crippen LogP contribution in [0.25, 0.3) is 0 Å². The third-order valence-corrected chi connectivity index (χ3v) is 7.16. The molecule has 2 aromatic rings. The van der Waals surface area contributed by atoms with Crippen molar-refractivity contribution in [3.63, 3.8) is 0 Å². The maximum absolute atomic E-state index is 14.8. The van der Waals surface area contributed by atoms with E-state index >= 15 is 0 Å². The Kier molecular flexibility index (Phi) is 4.89. The number of rotatable bonds is 3. The number of pyridine rings is 1. The van der Waals surface area contributed by atoms with Crippen LogP contribution in [0.5, 0.6) is 0 Å². The number of nitrogens with two attached hydrogens (primary N) is 1. The summed E-state index contributed by atoms with van der Waals surface area (Å²) < 4.78 is 73.4. The van der Waals surface area contributed by atoms with Gasteiger partial charge in [0, 0.05) is 30.8 Å². The fraction of sp³-hybridized carbons (Fsp3) is 0.278. The Hall–Kier alpha value is -3.19. The lowest BCUT2D eigenvalue weighted by Crippen LogP contribution is -2.55. The van der Waals surface area contributed by atoms with Gasteiger partial charge in [0.25, 0.3) is 15.9 Å². The van der Waals surface area contributed by atoms with Gasteiger partial charge >= 0.3 is 0 Å². The summed E-state index contributed by atoms with van der Waals surface area (Å²) in [5, 5.41) is 2.33. The molecule has 1 unspecified atom stereocenters. The van der Waals surface area contributed by atoms with Crippen LogP contribution < -0.4 is 11.1 Å². The summed E-state index contributed by atoms with van der Waals surface area (Å²) >= 11 is 0. The number of hydrogen-bond donors (Lipinski definition) is 2. The van der Waals surface area contributed by atoms with Gasteiger partial charge in [0.15, 0.2) is 11.5 Å². The SMILES string of the molecule is CN1C(N)=N[C@@]2(c3cc(NC(=O)c4ncc(F)cc4F)ccc3F)CCOC2S1(=O)=O. The lowest BCUT2D eigenvalue weighted by atomic mass is 9.88. The van der Waals surface area contributed by atoms with Crippen LogP contribution in [-0.2, 0) is 20.3 Å². The van der Waals surface area contributed by atoms with E-state index in [1.807, 2.05) is 0 Å². The molecule has 2 aliphatic rings. The molecule has 2 aliphatic heterocycles. The van der Waals surface area contributed by atoms with Crippen molar-refractivity contribution in [3.8, 4) is 0 Å². The molecular formula is C18H16F3N5O4S. The van der Waals surface area contributed by atoms with E-state index < -0.39 is 50.1 Å². The van der Waals surface area contributed by atoms with E-state index in [-0.39, 0.29) is 30.2 Å². The zero-order chi connectivity index (χ0) is 22.6. The summed E-state index contributed by atoms with van der Waals surface area (Å²) in [5.41, 5.74) is 1.76. The Morgan fingerprint density at radius 2 is 2.03 bits per heavy atom. The van der Waals surface area contributed by atoms with Crippen LogP contribution in [0.4, 0.5) is 18.9 Å². The van der Waals surface area contributed by atoms with Crippen LogP contribution in [-0.4, -0.2) is 48.7 Å². The summed E-state index contributed by atoms with van der Waals surface area (Å²) in [6.45, 7) is -0.0186. The number of amides is 1. The largest absolute Gasteiger partial charge is 0.369 e. The van der Waals surface area contributed by atoms with Crippen LogP contribution in [0.2, 0.25) is 0 Å². The van der Waals surface area contributed by atoms with Gasteiger partial charge in [-0.15, -0.1) is 0 Å². The Morgan fingerprint density at radius 1 is 1.29 bits per heavy atom. The summed E-state index contributed by atoms with van der Waals surface area (Å²) in [6, 6.07) is 3.86. The maximum Gasteiger partial charge on any atom is 0.277 e. The summed E-state index contributed by atoms with van der Waals surface area (Å²) in [5.74, 6) is -4.28. The van der Waals surface area contributed by atoms with Gasteiger partial charge in [-0.05, 0) is 18.2 Å². The number of aliphatic imine (C=N–C) groups is 1. The number of aromatic nitrogens is 1. The number of ether oxygens (including phenoxy) is 1. The molecule has 1 saturated heterocycles. The maximum atomic E-state index is 14.8. The molecule has 9 nitrogen and oxygen atoms in total. The molecule has 0 bridgehead atoms. The summed E-state index contributed by atoms with van der Waals surface area (Å²) in [6.07, 6.45) is 0.697. The quantitative estimate of drug-likeness (QED) is 0.718. The van der Waals surface area contributed by atoms with Crippen LogP contribution >= 0.6 is 0 Å². The lowest BCUT2D eigenvalue weighted by Gasteiger charge is -2.38. The first-order valence-corrected chi connectivity index (χ1v) is 10.4. The van der Waals surface area contributed by atoms with Gasteiger partial charge in [0.1, 0.15) is 17.2 Å². The summed E-state index contributed by atoms with van der Waals surface area (Å²) in [4.78, 5) is 20.0. The van der Waals surface area contributed by atoms with E-state index in [9.17, 15) is 26.4 Å². The third-order valence-electron chi connectivity index (χ3n) is 5.14. The first kappa shape index (κ1) is 21.1. The smallest absolute Gasteiger partial charge is 0.277 e. The molecule has 0 saturated carbocycles. The molecule has 2 atom stereocenters. The van der Waals surface area contributed by atoms with Crippen molar-refractivity contribution in [3.05, 3.63) is 59.2 Å². The van der Waals surface area contributed by atoms with Crippen LogP contribution in [0, 0.1) is 17.5 Å². The number of guanidine groups is 1. The highest BCUT2D eigenvalue weighted by atomic mass is 32.2. The third kappa shape index (κ3) is 3.29. The zero-order valence-electron chi connectivity index (χ0n) is 16.0. The average Bonchev–Trinajstić information content (AvgIpc) is 3.13. The second kappa shape index (κ2) is 7.20. The number of sulfonamides is 1. The van der Waals surface area contributed by atoms with Gasteiger partial charge in [-0.3, -0.25) is 4.79 Å². The fourth-order valence-electron chi connectivity index (χ4n) is 3.60. The number of hydrogen-bond acceptors (Lipinski definition) is 7.